The summed E-state index contributed by atoms with van der Waals surface area (Å²) in [4.78, 5) is 13.8. The fourth-order valence-corrected chi connectivity index (χ4v) is 6.37. The zero-order valence-corrected chi connectivity index (χ0v) is 19.0. The molecule has 3 aliphatic heterocycles. The Morgan fingerprint density at radius 1 is 1.28 bits per heavy atom. The Morgan fingerprint density at radius 2 is 2.00 bits per heavy atom. The van der Waals surface area contributed by atoms with Crippen LogP contribution in [0.5, 0.6) is 0 Å². The Bertz CT molecular complexity index is 1140. The van der Waals surface area contributed by atoms with Gasteiger partial charge in [0.05, 0.1) is 36.2 Å². The third-order valence-electron chi connectivity index (χ3n) is 6.77. The van der Waals surface area contributed by atoms with Gasteiger partial charge >= 0.3 is 0 Å². The predicted molar refractivity (Wildman–Crippen MR) is 119 cm³/mol. The van der Waals surface area contributed by atoms with E-state index in [4.69, 9.17) is 4.98 Å². The summed E-state index contributed by atoms with van der Waals surface area (Å²) in [5.41, 5.74) is 0.447. The summed E-state index contributed by atoms with van der Waals surface area (Å²) in [5, 5.41) is 16.8. The number of aryl methyl sites for hydroxylation is 1. The third-order valence-corrected chi connectivity index (χ3v) is 7.97. The first kappa shape index (κ1) is 21.1. The molecule has 2 bridgehead atoms. The summed E-state index contributed by atoms with van der Waals surface area (Å²) in [6, 6.07) is 4.77. The van der Waals surface area contributed by atoms with Crippen LogP contribution in [0.2, 0.25) is 0 Å². The van der Waals surface area contributed by atoms with Crippen molar-refractivity contribution in [3.63, 3.8) is 0 Å². The second-order valence-electron chi connectivity index (χ2n) is 9.05. The number of nitriles is 1. The third kappa shape index (κ3) is 3.70. The van der Waals surface area contributed by atoms with Crippen molar-refractivity contribution >= 4 is 27.5 Å². The minimum Gasteiger partial charge on any atom is -0.353 e. The van der Waals surface area contributed by atoms with E-state index in [0.717, 1.165) is 37.4 Å². The summed E-state index contributed by atoms with van der Waals surface area (Å²) < 4.78 is 27.1. The second-order valence-corrected chi connectivity index (χ2v) is 11.0. The Kier molecular flexibility index (Phi) is 5.07. The Balaban J connectivity index is 1.32. The number of anilines is 3. The van der Waals surface area contributed by atoms with Gasteiger partial charge in [-0.05, 0) is 18.9 Å². The van der Waals surface area contributed by atoms with Gasteiger partial charge in [-0.1, -0.05) is 0 Å². The van der Waals surface area contributed by atoms with Crippen molar-refractivity contribution in [1.82, 2.24) is 29.0 Å². The molecule has 5 heterocycles. The zero-order valence-electron chi connectivity index (χ0n) is 18.2. The molecular weight excluding hydrogens is 430 g/mol. The Morgan fingerprint density at radius 3 is 2.59 bits per heavy atom. The maximum atomic E-state index is 12.0. The molecule has 1 N–H and O–H groups in total. The highest BCUT2D eigenvalue weighted by Gasteiger charge is 2.57. The molecule has 12 heteroatoms. The number of rotatable bonds is 6. The monoisotopic (exact) mass is 457 g/mol. The molecule has 3 aliphatic rings. The van der Waals surface area contributed by atoms with Gasteiger partial charge in [0.1, 0.15) is 5.82 Å². The van der Waals surface area contributed by atoms with Gasteiger partial charge in [0.15, 0.2) is 0 Å². The molecule has 170 valence electrons. The van der Waals surface area contributed by atoms with Crippen molar-refractivity contribution in [3.05, 3.63) is 24.7 Å². The van der Waals surface area contributed by atoms with Crippen LogP contribution in [0, 0.1) is 11.3 Å². The first-order chi connectivity index (χ1) is 15.3. The number of hydrogen-bond donors (Lipinski definition) is 1. The molecule has 3 saturated heterocycles. The van der Waals surface area contributed by atoms with Crippen LogP contribution in [-0.2, 0) is 17.1 Å². The molecule has 2 aromatic rings. The SMILES string of the molecule is Cn1cc(Nc2nccc(N3CC4CC[C@@H](C3)N4C3(CC#N)CN(S(C)(=O)=O)C3)n2)cn1. The van der Waals surface area contributed by atoms with Crippen molar-refractivity contribution in [2.24, 2.45) is 7.05 Å². The lowest BCUT2D eigenvalue weighted by atomic mass is 9.84. The van der Waals surface area contributed by atoms with E-state index in [2.05, 4.69) is 31.3 Å². The average molecular weight is 458 g/mol. The van der Waals surface area contributed by atoms with E-state index in [-0.39, 0.29) is 17.6 Å². The van der Waals surface area contributed by atoms with Gasteiger partial charge in [-0.25, -0.2) is 13.4 Å². The average Bonchev–Trinajstić information content (AvgIpc) is 3.23. The molecule has 5 rings (SSSR count). The number of sulfonamides is 1. The number of piperazine rings is 1. The molecule has 1 unspecified atom stereocenters. The van der Waals surface area contributed by atoms with Crippen LogP contribution in [-0.4, -0.2) is 87.4 Å². The van der Waals surface area contributed by atoms with Crippen LogP contribution >= 0.6 is 0 Å². The first-order valence-electron chi connectivity index (χ1n) is 10.7. The van der Waals surface area contributed by atoms with Crippen LogP contribution in [0.3, 0.4) is 0 Å². The minimum absolute atomic E-state index is 0.272. The molecule has 32 heavy (non-hydrogen) atoms. The van der Waals surface area contributed by atoms with Gasteiger partial charge in [-0.3, -0.25) is 9.58 Å². The number of nitrogens with one attached hydrogen (secondary N) is 1. The Labute approximate surface area is 187 Å². The quantitative estimate of drug-likeness (QED) is 0.662. The number of fused-ring (bicyclic) bond motifs is 2. The molecule has 0 aliphatic carbocycles. The summed E-state index contributed by atoms with van der Waals surface area (Å²) in [6.07, 6.45) is 9.01. The van der Waals surface area contributed by atoms with E-state index >= 15 is 0 Å². The van der Waals surface area contributed by atoms with E-state index in [9.17, 15) is 13.7 Å². The van der Waals surface area contributed by atoms with Gasteiger partial charge in [0.2, 0.25) is 16.0 Å². The van der Waals surface area contributed by atoms with E-state index in [0.29, 0.717) is 25.5 Å². The number of nitrogens with zero attached hydrogens (tertiary/aromatic N) is 8. The smallest absolute Gasteiger partial charge is 0.229 e. The maximum Gasteiger partial charge on any atom is 0.229 e. The first-order valence-corrected chi connectivity index (χ1v) is 12.6. The summed E-state index contributed by atoms with van der Waals surface area (Å²) in [7, 11) is -1.38. The van der Waals surface area contributed by atoms with Crippen LogP contribution in [0.15, 0.2) is 24.7 Å². The molecule has 0 radical (unpaired) electrons. The standard InChI is InChI=1S/C20H27N9O2S/c1-26-10-15(9-23-26)24-19-22-8-5-18(25-19)27-11-16-3-4-17(12-27)29(16)20(6-7-21)13-28(14-20)32(2,30)31/h5,8-10,16-17H,3-4,6,11-14H2,1-2H3,(H,22,24,25)/t16-,17?/m0/s1. The topological polar surface area (TPSA) is 123 Å². The highest BCUT2D eigenvalue weighted by molar-refractivity contribution is 7.88. The summed E-state index contributed by atoms with van der Waals surface area (Å²) >= 11 is 0. The normalized spacial score (nSPS) is 25.3. The van der Waals surface area contributed by atoms with Crippen molar-refractivity contribution in [1.29, 1.82) is 5.26 Å². The molecule has 2 aromatic heterocycles. The fourth-order valence-electron chi connectivity index (χ4n) is 5.42. The van der Waals surface area contributed by atoms with Gasteiger partial charge in [0.25, 0.3) is 0 Å². The molecule has 0 aromatic carbocycles. The largest absolute Gasteiger partial charge is 0.353 e. The van der Waals surface area contributed by atoms with Gasteiger partial charge in [0, 0.05) is 57.7 Å². The molecule has 0 saturated carbocycles. The van der Waals surface area contributed by atoms with E-state index < -0.39 is 10.0 Å². The van der Waals surface area contributed by atoms with Gasteiger partial charge < -0.3 is 10.2 Å². The maximum absolute atomic E-state index is 12.0. The van der Waals surface area contributed by atoms with E-state index in [1.165, 1.54) is 10.6 Å². The highest BCUT2D eigenvalue weighted by Crippen LogP contribution is 2.43. The molecule has 2 atom stereocenters. The van der Waals surface area contributed by atoms with Crippen LogP contribution < -0.4 is 10.2 Å². The molecule has 3 fully saturated rings. The lowest BCUT2D eigenvalue weighted by Gasteiger charge is -2.58. The molecule has 11 nitrogen and oxygen atoms in total. The zero-order chi connectivity index (χ0) is 22.5. The molecule has 0 amide bonds. The lowest BCUT2D eigenvalue weighted by molar-refractivity contribution is -0.0479. The predicted octanol–water partition coefficient (Wildman–Crippen LogP) is 0.534. The van der Waals surface area contributed by atoms with Gasteiger partial charge in [-0.2, -0.15) is 19.6 Å². The molecule has 0 spiro atoms. The lowest BCUT2D eigenvalue weighted by Crippen LogP contribution is -2.75. The van der Waals surface area contributed by atoms with Crippen molar-refractivity contribution < 1.29 is 8.42 Å². The van der Waals surface area contributed by atoms with Crippen molar-refractivity contribution in [2.45, 2.75) is 36.9 Å². The number of aromatic nitrogens is 4. The van der Waals surface area contributed by atoms with E-state index in [1.807, 2.05) is 19.3 Å². The van der Waals surface area contributed by atoms with Gasteiger partial charge in [-0.15, -0.1) is 0 Å². The van der Waals surface area contributed by atoms with Crippen molar-refractivity contribution in [2.75, 3.05) is 42.7 Å². The summed E-state index contributed by atoms with van der Waals surface area (Å²) in [6.45, 7) is 2.40. The summed E-state index contributed by atoms with van der Waals surface area (Å²) in [5.74, 6) is 1.39. The second kappa shape index (κ2) is 7.68. The van der Waals surface area contributed by atoms with Crippen LogP contribution in [0.4, 0.5) is 17.5 Å². The Hall–Kier alpha value is -2.75. The minimum atomic E-state index is -3.23. The van der Waals surface area contributed by atoms with E-state index in [1.54, 1.807) is 17.1 Å². The molecular formula is C20H27N9O2S. The fraction of sp³-hybridized carbons (Fsp3) is 0.600. The van der Waals surface area contributed by atoms with Crippen molar-refractivity contribution in [3.8, 4) is 6.07 Å². The van der Waals surface area contributed by atoms with Crippen LogP contribution in [0.25, 0.3) is 0 Å². The highest BCUT2D eigenvalue weighted by atomic mass is 32.2. The number of hydrogen-bond acceptors (Lipinski definition) is 9. The van der Waals surface area contributed by atoms with Crippen LogP contribution in [0.1, 0.15) is 19.3 Å².